The standard InChI is InChI=1S/C25H21N3O4/c1-17-10-18(2)12-19(11-17)16-32-24-9-4-3-6-20(24)13-21(15-26)25(29)27-22-7-5-8-23(14-22)28(30)31/h3-14H,16H2,1-2H3,(H,27,29)/b21-13+. The maximum absolute atomic E-state index is 12.6. The average Bonchev–Trinajstić information content (AvgIpc) is 2.76. The van der Waals surface area contributed by atoms with Gasteiger partial charge in [0.2, 0.25) is 0 Å². The number of para-hydroxylation sites is 1. The molecular formula is C25H21N3O4. The second-order valence-electron chi connectivity index (χ2n) is 7.25. The minimum Gasteiger partial charge on any atom is -0.488 e. The summed E-state index contributed by atoms with van der Waals surface area (Å²) in [6, 6.07) is 20.7. The number of nitriles is 1. The number of hydrogen-bond donors (Lipinski definition) is 1. The van der Waals surface area contributed by atoms with E-state index in [0.717, 1.165) is 16.7 Å². The predicted molar refractivity (Wildman–Crippen MR) is 122 cm³/mol. The molecule has 0 saturated carbocycles. The van der Waals surface area contributed by atoms with Crippen LogP contribution in [0, 0.1) is 35.3 Å². The fourth-order valence-electron chi connectivity index (χ4n) is 3.24. The van der Waals surface area contributed by atoms with Gasteiger partial charge in [0.1, 0.15) is 24.0 Å². The predicted octanol–water partition coefficient (Wildman–Crippen LogP) is 5.34. The fourth-order valence-corrected chi connectivity index (χ4v) is 3.24. The Morgan fingerprint density at radius 1 is 1.09 bits per heavy atom. The number of ether oxygens (including phenoxy) is 1. The Hall–Kier alpha value is -4.44. The lowest BCUT2D eigenvalue weighted by molar-refractivity contribution is -0.384. The molecule has 0 aliphatic rings. The zero-order valence-corrected chi connectivity index (χ0v) is 17.7. The van der Waals surface area contributed by atoms with E-state index in [4.69, 9.17) is 4.74 Å². The van der Waals surface area contributed by atoms with Crippen LogP contribution >= 0.6 is 0 Å². The summed E-state index contributed by atoms with van der Waals surface area (Å²) in [6.07, 6.45) is 1.43. The molecule has 160 valence electrons. The van der Waals surface area contributed by atoms with E-state index in [1.807, 2.05) is 38.1 Å². The normalized spacial score (nSPS) is 10.8. The van der Waals surface area contributed by atoms with Gasteiger partial charge in [-0.25, -0.2) is 0 Å². The van der Waals surface area contributed by atoms with E-state index >= 15 is 0 Å². The highest BCUT2D eigenvalue weighted by Crippen LogP contribution is 2.24. The number of nitro benzene ring substituents is 1. The Morgan fingerprint density at radius 2 is 1.81 bits per heavy atom. The molecule has 3 aromatic carbocycles. The number of nitrogens with one attached hydrogen (secondary N) is 1. The van der Waals surface area contributed by atoms with Gasteiger partial charge in [0.05, 0.1) is 4.92 Å². The highest BCUT2D eigenvalue weighted by Gasteiger charge is 2.13. The Labute approximate surface area is 185 Å². The molecule has 7 nitrogen and oxygen atoms in total. The van der Waals surface area contributed by atoms with E-state index in [1.54, 1.807) is 18.2 Å². The highest BCUT2D eigenvalue weighted by molar-refractivity contribution is 6.09. The molecule has 0 fully saturated rings. The van der Waals surface area contributed by atoms with Crippen molar-refractivity contribution in [3.63, 3.8) is 0 Å². The molecule has 0 saturated heterocycles. The number of rotatable bonds is 7. The first-order valence-corrected chi connectivity index (χ1v) is 9.82. The summed E-state index contributed by atoms with van der Waals surface area (Å²) < 4.78 is 5.96. The summed E-state index contributed by atoms with van der Waals surface area (Å²) in [5, 5.41) is 23.0. The van der Waals surface area contributed by atoms with Gasteiger partial charge in [-0.1, -0.05) is 53.6 Å². The minimum atomic E-state index is -0.669. The van der Waals surface area contributed by atoms with Crippen molar-refractivity contribution in [2.75, 3.05) is 5.32 Å². The molecule has 32 heavy (non-hydrogen) atoms. The molecule has 1 amide bonds. The van der Waals surface area contributed by atoms with Crippen LogP contribution in [-0.4, -0.2) is 10.8 Å². The van der Waals surface area contributed by atoms with Gasteiger partial charge in [-0.3, -0.25) is 14.9 Å². The summed E-state index contributed by atoms with van der Waals surface area (Å²) in [7, 11) is 0. The highest BCUT2D eigenvalue weighted by atomic mass is 16.6. The molecule has 7 heteroatoms. The van der Waals surface area contributed by atoms with Crippen molar-refractivity contribution >= 4 is 23.4 Å². The Kier molecular flexibility index (Phi) is 6.99. The van der Waals surface area contributed by atoms with Crippen molar-refractivity contribution in [1.82, 2.24) is 0 Å². The molecular weight excluding hydrogens is 406 g/mol. The summed E-state index contributed by atoms with van der Waals surface area (Å²) in [6.45, 7) is 4.38. The van der Waals surface area contributed by atoms with Crippen LogP contribution in [0.25, 0.3) is 6.08 Å². The Balaban J connectivity index is 1.80. The minimum absolute atomic E-state index is 0.154. The van der Waals surface area contributed by atoms with Gasteiger partial charge in [-0.2, -0.15) is 5.26 Å². The lowest BCUT2D eigenvalue weighted by Gasteiger charge is -2.11. The molecule has 0 aromatic heterocycles. The number of anilines is 1. The number of hydrogen-bond acceptors (Lipinski definition) is 5. The van der Waals surface area contributed by atoms with Crippen molar-refractivity contribution in [2.45, 2.75) is 20.5 Å². The SMILES string of the molecule is Cc1cc(C)cc(COc2ccccc2/C=C(\C#N)C(=O)Nc2cccc([N+](=O)[O-])c2)c1. The largest absolute Gasteiger partial charge is 0.488 e. The molecule has 3 aromatic rings. The van der Waals surface area contributed by atoms with E-state index in [9.17, 15) is 20.2 Å². The van der Waals surface area contributed by atoms with E-state index in [0.29, 0.717) is 17.9 Å². The lowest BCUT2D eigenvalue weighted by atomic mass is 10.1. The summed E-state index contributed by atoms with van der Waals surface area (Å²) in [5.74, 6) is -0.139. The Morgan fingerprint density at radius 3 is 2.50 bits per heavy atom. The molecule has 0 unspecified atom stereocenters. The molecule has 0 aliphatic heterocycles. The van der Waals surface area contributed by atoms with Gasteiger partial charge in [-0.05, 0) is 37.6 Å². The third-order valence-corrected chi connectivity index (χ3v) is 4.57. The number of benzene rings is 3. The third kappa shape index (κ3) is 5.80. The number of non-ortho nitro benzene ring substituents is 1. The summed E-state index contributed by atoms with van der Waals surface area (Å²) >= 11 is 0. The smallest absolute Gasteiger partial charge is 0.271 e. The van der Waals surface area contributed by atoms with E-state index in [-0.39, 0.29) is 16.9 Å². The van der Waals surface area contributed by atoms with Crippen molar-refractivity contribution in [2.24, 2.45) is 0 Å². The first-order chi connectivity index (χ1) is 15.4. The third-order valence-electron chi connectivity index (χ3n) is 4.57. The van der Waals surface area contributed by atoms with Crippen LogP contribution in [0.15, 0.2) is 72.3 Å². The molecule has 0 spiro atoms. The second-order valence-corrected chi connectivity index (χ2v) is 7.25. The van der Waals surface area contributed by atoms with Crippen molar-refractivity contribution in [1.29, 1.82) is 5.26 Å². The van der Waals surface area contributed by atoms with Gasteiger partial charge >= 0.3 is 0 Å². The van der Waals surface area contributed by atoms with Crippen molar-refractivity contribution < 1.29 is 14.5 Å². The van der Waals surface area contributed by atoms with Crippen molar-refractivity contribution in [3.05, 3.63) is 105 Å². The number of aryl methyl sites for hydroxylation is 2. The Bertz CT molecular complexity index is 1220. The fraction of sp³-hybridized carbons (Fsp3) is 0.120. The van der Waals surface area contributed by atoms with Gasteiger partial charge in [0.25, 0.3) is 11.6 Å². The van der Waals surface area contributed by atoms with E-state index in [1.165, 1.54) is 30.3 Å². The maximum atomic E-state index is 12.6. The average molecular weight is 427 g/mol. The molecule has 0 atom stereocenters. The zero-order valence-electron chi connectivity index (χ0n) is 17.7. The summed E-state index contributed by atoms with van der Waals surface area (Å²) in [5.41, 5.74) is 3.79. The zero-order chi connectivity index (χ0) is 23.1. The van der Waals surface area contributed by atoms with Gasteiger partial charge in [0, 0.05) is 23.4 Å². The van der Waals surface area contributed by atoms with E-state index < -0.39 is 10.8 Å². The van der Waals surface area contributed by atoms with Crippen LogP contribution < -0.4 is 10.1 Å². The molecule has 0 bridgehead atoms. The van der Waals surface area contributed by atoms with Crippen LogP contribution in [0.3, 0.4) is 0 Å². The molecule has 0 aliphatic carbocycles. The van der Waals surface area contributed by atoms with Crippen LogP contribution in [0.2, 0.25) is 0 Å². The number of nitro groups is 1. The van der Waals surface area contributed by atoms with Gasteiger partial charge in [0.15, 0.2) is 0 Å². The second kappa shape index (κ2) is 10.0. The first-order valence-electron chi connectivity index (χ1n) is 9.82. The molecule has 0 radical (unpaired) electrons. The molecule has 0 heterocycles. The molecule has 3 rings (SSSR count). The van der Waals surface area contributed by atoms with Crippen LogP contribution in [0.4, 0.5) is 11.4 Å². The summed E-state index contributed by atoms with van der Waals surface area (Å²) in [4.78, 5) is 23.0. The monoisotopic (exact) mass is 427 g/mol. The van der Waals surface area contributed by atoms with E-state index in [2.05, 4.69) is 11.4 Å². The first kappa shape index (κ1) is 22.2. The van der Waals surface area contributed by atoms with Crippen LogP contribution in [-0.2, 0) is 11.4 Å². The molecule has 1 N–H and O–H groups in total. The maximum Gasteiger partial charge on any atom is 0.271 e. The number of amides is 1. The van der Waals surface area contributed by atoms with Crippen molar-refractivity contribution in [3.8, 4) is 11.8 Å². The van der Waals surface area contributed by atoms with Gasteiger partial charge < -0.3 is 10.1 Å². The lowest BCUT2D eigenvalue weighted by Crippen LogP contribution is -2.13. The quantitative estimate of drug-likeness (QED) is 0.237. The van der Waals surface area contributed by atoms with Crippen LogP contribution in [0.5, 0.6) is 5.75 Å². The topological polar surface area (TPSA) is 105 Å². The van der Waals surface area contributed by atoms with Crippen LogP contribution in [0.1, 0.15) is 22.3 Å². The van der Waals surface area contributed by atoms with Gasteiger partial charge in [-0.15, -0.1) is 0 Å². The number of nitrogens with zero attached hydrogens (tertiary/aromatic N) is 2. The number of carbonyl (C=O) groups excluding carboxylic acids is 1. The number of carbonyl (C=O) groups is 1.